The Balaban J connectivity index is 1.90. The summed E-state index contributed by atoms with van der Waals surface area (Å²) in [5, 5.41) is 0. The number of carbonyl (C=O) groups excluding carboxylic acids is 1. The predicted octanol–water partition coefficient (Wildman–Crippen LogP) is -0.571. The quantitative estimate of drug-likeness (QED) is 0.720. The molecule has 18 heavy (non-hydrogen) atoms. The summed E-state index contributed by atoms with van der Waals surface area (Å²) in [4.78, 5) is 17.5. The van der Waals surface area contributed by atoms with Crippen molar-refractivity contribution in [1.29, 1.82) is 0 Å². The molecule has 1 aromatic rings. The maximum Gasteiger partial charge on any atom is 0.171 e. The highest BCUT2D eigenvalue weighted by atomic mass is 16.3. The molecule has 0 radical (unpaired) electrons. The van der Waals surface area contributed by atoms with Gasteiger partial charge in [0.1, 0.15) is 16.7 Å². The second-order valence-electron chi connectivity index (χ2n) is 5.97. The van der Waals surface area contributed by atoms with Gasteiger partial charge in [0, 0.05) is 39.3 Å². The number of nitrogens with zero attached hydrogens (tertiary/aromatic N) is 2. The van der Waals surface area contributed by atoms with Crippen LogP contribution in [0.3, 0.4) is 0 Å². The molecule has 5 heterocycles. The van der Waals surface area contributed by atoms with Crippen molar-refractivity contribution in [1.82, 2.24) is 9.80 Å². The molecule has 0 saturated carbocycles. The Morgan fingerprint density at radius 3 is 2.39 bits per heavy atom. The first-order chi connectivity index (χ1) is 8.62. The van der Waals surface area contributed by atoms with Crippen molar-refractivity contribution in [3.05, 3.63) is 24.2 Å². The molecule has 5 rings (SSSR count). The zero-order chi connectivity index (χ0) is 12.4. The third kappa shape index (κ3) is 1.19. The Morgan fingerprint density at radius 1 is 1.17 bits per heavy atom. The topological polar surface area (TPSA) is 62.7 Å². The van der Waals surface area contributed by atoms with Crippen LogP contribution in [0, 0.1) is 0 Å². The number of carbonyl (C=O) groups is 1. The zero-order valence-electron chi connectivity index (χ0n) is 10.3. The van der Waals surface area contributed by atoms with Crippen LogP contribution in [-0.4, -0.2) is 60.4 Å². The van der Waals surface area contributed by atoms with E-state index in [0.29, 0.717) is 13.1 Å². The normalized spacial score (nSPS) is 46.4. The molecule has 96 valence electrons. The van der Waals surface area contributed by atoms with E-state index < -0.39 is 11.0 Å². The number of rotatable bonds is 1. The number of hydrogen-bond donors (Lipinski definition) is 1. The highest BCUT2D eigenvalue weighted by Gasteiger charge is 2.61. The largest absolute Gasteiger partial charge is 0.468 e. The average molecular weight is 247 g/mol. The van der Waals surface area contributed by atoms with E-state index in [0.717, 1.165) is 31.9 Å². The molecule has 5 nitrogen and oxygen atoms in total. The van der Waals surface area contributed by atoms with E-state index >= 15 is 0 Å². The van der Waals surface area contributed by atoms with Crippen LogP contribution >= 0.6 is 0 Å². The van der Waals surface area contributed by atoms with Crippen LogP contribution in [0.15, 0.2) is 22.8 Å². The molecule has 0 spiro atoms. The first-order valence-corrected chi connectivity index (χ1v) is 6.45. The monoisotopic (exact) mass is 247 g/mol. The van der Waals surface area contributed by atoms with E-state index in [1.807, 2.05) is 12.1 Å². The first-order valence-electron chi connectivity index (χ1n) is 6.45. The molecule has 2 atom stereocenters. The van der Waals surface area contributed by atoms with Crippen molar-refractivity contribution in [2.24, 2.45) is 5.73 Å². The van der Waals surface area contributed by atoms with Crippen LogP contribution in [0.5, 0.6) is 0 Å². The van der Waals surface area contributed by atoms with E-state index in [-0.39, 0.29) is 5.78 Å². The molecule has 5 heteroatoms. The van der Waals surface area contributed by atoms with Crippen LogP contribution in [0.4, 0.5) is 0 Å². The third-order valence-electron chi connectivity index (χ3n) is 4.61. The fraction of sp³-hybridized carbons (Fsp3) is 0.615. The van der Waals surface area contributed by atoms with Gasteiger partial charge >= 0.3 is 0 Å². The number of ketones is 1. The molecule has 0 amide bonds. The highest BCUT2D eigenvalue weighted by Crippen LogP contribution is 2.41. The Labute approximate surface area is 106 Å². The summed E-state index contributed by atoms with van der Waals surface area (Å²) >= 11 is 0. The number of fused-ring (bicyclic) bond motifs is 1. The summed E-state index contributed by atoms with van der Waals surface area (Å²) in [6.07, 6.45) is 1.64. The van der Waals surface area contributed by atoms with E-state index in [9.17, 15) is 4.79 Å². The third-order valence-corrected chi connectivity index (χ3v) is 4.61. The summed E-state index contributed by atoms with van der Waals surface area (Å²) in [6.45, 7) is 4.85. The van der Waals surface area contributed by atoms with Crippen molar-refractivity contribution < 1.29 is 9.21 Å². The molecule has 2 unspecified atom stereocenters. The fourth-order valence-electron chi connectivity index (χ4n) is 3.95. The van der Waals surface area contributed by atoms with Gasteiger partial charge in [-0.05, 0) is 12.1 Å². The Morgan fingerprint density at radius 2 is 1.83 bits per heavy atom. The van der Waals surface area contributed by atoms with Crippen LogP contribution in [0.2, 0.25) is 0 Å². The molecular formula is C13H17N3O2. The van der Waals surface area contributed by atoms with Gasteiger partial charge in [-0.25, -0.2) is 0 Å². The first kappa shape index (κ1) is 10.7. The second-order valence-corrected chi connectivity index (χ2v) is 5.97. The maximum atomic E-state index is 12.8. The van der Waals surface area contributed by atoms with Crippen molar-refractivity contribution in [3.63, 3.8) is 0 Å². The van der Waals surface area contributed by atoms with Crippen LogP contribution in [-0.2, 0) is 10.2 Å². The van der Waals surface area contributed by atoms with Crippen molar-refractivity contribution in [2.75, 3.05) is 39.3 Å². The van der Waals surface area contributed by atoms with Gasteiger partial charge in [0.05, 0.1) is 6.26 Å². The summed E-state index contributed by atoms with van der Waals surface area (Å²) in [5.41, 5.74) is 5.11. The number of piperidine rings is 2. The molecular weight excluding hydrogens is 230 g/mol. The van der Waals surface area contributed by atoms with Crippen molar-refractivity contribution in [2.45, 2.75) is 11.0 Å². The molecule has 1 aromatic heterocycles. The molecule has 0 aliphatic carbocycles. The molecule has 4 fully saturated rings. The number of hydrogen-bond acceptors (Lipinski definition) is 5. The van der Waals surface area contributed by atoms with Crippen LogP contribution < -0.4 is 5.73 Å². The molecule has 4 aliphatic rings. The van der Waals surface area contributed by atoms with Gasteiger partial charge in [-0.3, -0.25) is 14.6 Å². The van der Waals surface area contributed by atoms with Crippen molar-refractivity contribution >= 4 is 5.78 Å². The second kappa shape index (κ2) is 3.23. The lowest BCUT2D eigenvalue weighted by Crippen LogP contribution is -2.76. The fourth-order valence-corrected chi connectivity index (χ4v) is 3.95. The Hall–Kier alpha value is -1.17. The molecule has 0 aromatic carbocycles. The molecule has 4 saturated heterocycles. The SMILES string of the molecule is NC12CN3CCN(C1)CC(c1ccco1)(C3)C2=O. The lowest BCUT2D eigenvalue weighted by molar-refractivity contribution is -0.141. The van der Waals surface area contributed by atoms with Gasteiger partial charge in [0.15, 0.2) is 5.78 Å². The number of Topliss-reactive ketones (excluding diaryl/α,β-unsaturated/α-hetero) is 1. The minimum absolute atomic E-state index is 0.166. The summed E-state index contributed by atoms with van der Waals surface area (Å²) < 4.78 is 5.56. The van der Waals surface area contributed by atoms with E-state index in [4.69, 9.17) is 10.2 Å². The average Bonchev–Trinajstić information content (AvgIpc) is 2.75. The summed E-state index contributed by atoms with van der Waals surface area (Å²) in [6, 6.07) is 3.77. The van der Waals surface area contributed by atoms with E-state index in [2.05, 4.69) is 9.80 Å². The zero-order valence-corrected chi connectivity index (χ0v) is 10.3. The Kier molecular flexibility index (Phi) is 1.92. The lowest BCUT2D eigenvalue weighted by Gasteiger charge is -2.51. The van der Waals surface area contributed by atoms with Gasteiger partial charge in [-0.15, -0.1) is 0 Å². The smallest absolute Gasteiger partial charge is 0.171 e. The van der Waals surface area contributed by atoms with Gasteiger partial charge < -0.3 is 10.2 Å². The van der Waals surface area contributed by atoms with Gasteiger partial charge in [0.2, 0.25) is 0 Å². The van der Waals surface area contributed by atoms with E-state index in [1.165, 1.54) is 0 Å². The summed E-state index contributed by atoms with van der Waals surface area (Å²) in [7, 11) is 0. The Bertz CT molecular complexity index is 480. The predicted molar refractivity (Wildman–Crippen MR) is 65.2 cm³/mol. The standard InChI is InChI=1S/C13H17N3O2/c14-13-8-15-3-4-16(9-13)7-12(6-15,11(13)17)10-2-1-5-18-10/h1-2,5H,3-4,6-9,14H2. The van der Waals surface area contributed by atoms with Gasteiger partial charge in [0.25, 0.3) is 0 Å². The minimum Gasteiger partial charge on any atom is -0.468 e. The number of nitrogens with two attached hydrogens (primary N) is 1. The van der Waals surface area contributed by atoms with Crippen LogP contribution in [0.1, 0.15) is 5.76 Å². The van der Waals surface area contributed by atoms with Crippen LogP contribution in [0.25, 0.3) is 0 Å². The molecule has 4 aliphatic heterocycles. The molecule has 2 N–H and O–H groups in total. The highest BCUT2D eigenvalue weighted by molar-refractivity contribution is 6.00. The van der Waals surface area contributed by atoms with E-state index in [1.54, 1.807) is 6.26 Å². The van der Waals surface area contributed by atoms with Gasteiger partial charge in [-0.1, -0.05) is 0 Å². The number of furan rings is 1. The van der Waals surface area contributed by atoms with Crippen molar-refractivity contribution in [3.8, 4) is 0 Å². The molecule has 4 bridgehead atoms. The minimum atomic E-state index is -0.722. The maximum absolute atomic E-state index is 12.8. The summed E-state index contributed by atoms with van der Waals surface area (Å²) in [5.74, 6) is 0.943. The van der Waals surface area contributed by atoms with Gasteiger partial charge in [-0.2, -0.15) is 0 Å². The lowest BCUT2D eigenvalue weighted by atomic mass is 9.66.